The second-order valence-electron chi connectivity index (χ2n) is 7.81. The first-order valence-corrected chi connectivity index (χ1v) is 10.7. The average molecular weight is 410 g/mol. The van der Waals surface area contributed by atoms with E-state index >= 15 is 0 Å². The molecule has 0 spiro atoms. The molecule has 1 unspecified atom stereocenters. The fourth-order valence-corrected chi connectivity index (χ4v) is 3.68. The fourth-order valence-electron chi connectivity index (χ4n) is 3.68. The van der Waals surface area contributed by atoms with Crippen LogP contribution in [-0.2, 0) is 11.3 Å². The number of hydrogen-bond donors (Lipinski definition) is 2. The third-order valence-corrected chi connectivity index (χ3v) is 5.45. The highest BCUT2D eigenvalue weighted by atomic mass is 16.5. The standard InChI is InChI=1S/C24H31N3O3/c1-2-3-15-30-21-12-10-18(11-13-21)24(29)26-22-9-5-4-7-19(22)16-27-14-6-8-20(17-27)23(25)28/h4-5,7,9-13,20H,2-3,6,8,14-17H2,1H3,(H2,25,28)(H,26,29). The van der Waals surface area contributed by atoms with Crippen molar-refractivity contribution in [1.82, 2.24) is 4.90 Å². The van der Waals surface area contributed by atoms with Crippen molar-refractivity contribution in [2.24, 2.45) is 11.7 Å². The van der Waals surface area contributed by atoms with Crippen LogP contribution in [0.25, 0.3) is 0 Å². The average Bonchev–Trinajstić information content (AvgIpc) is 2.76. The van der Waals surface area contributed by atoms with Gasteiger partial charge in [-0.1, -0.05) is 31.5 Å². The van der Waals surface area contributed by atoms with Gasteiger partial charge in [0.15, 0.2) is 0 Å². The van der Waals surface area contributed by atoms with Gasteiger partial charge in [0, 0.05) is 24.3 Å². The lowest BCUT2D eigenvalue weighted by Crippen LogP contribution is -2.40. The van der Waals surface area contributed by atoms with Crippen LogP contribution >= 0.6 is 0 Å². The van der Waals surface area contributed by atoms with Gasteiger partial charge in [0.25, 0.3) is 5.91 Å². The summed E-state index contributed by atoms with van der Waals surface area (Å²) in [5, 5.41) is 3.02. The van der Waals surface area contributed by atoms with Crippen LogP contribution in [0, 0.1) is 5.92 Å². The molecule has 2 amide bonds. The number of nitrogens with two attached hydrogens (primary N) is 1. The first-order valence-electron chi connectivity index (χ1n) is 10.7. The van der Waals surface area contributed by atoms with Crippen molar-refractivity contribution in [2.45, 2.75) is 39.2 Å². The lowest BCUT2D eigenvalue weighted by molar-refractivity contribution is -0.123. The van der Waals surface area contributed by atoms with E-state index in [0.29, 0.717) is 25.3 Å². The quantitative estimate of drug-likeness (QED) is 0.617. The van der Waals surface area contributed by atoms with E-state index in [-0.39, 0.29) is 17.7 Å². The number of unbranched alkanes of at least 4 members (excludes halogenated alkanes) is 1. The molecule has 1 aliphatic rings. The minimum Gasteiger partial charge on any atom is -0.494 e. The molecule has 1 heterocycles. The summed E-state index contributed by atoms with van der Waals surface area (Å²) in [5.41, 5.74) is 7.89. The first kappa shape index (κ1) is 21.8. The monoisotopic (exact) mass is 409 g/mol. The second-order valence-corrected chi connectivity index (χ2v) is 7.81. The van der Waals surface area contributed by atoms with Gasteiger partial charge in [0.2, 0.25) is 5.91 Å². The van der Waals surface area contributed by atoms with Gasteiger partial charge >= 0.3 is 0 Å². The lowest BCUT2D eigenvalue weighted by atomic mass is 9.97. The van der Waals surface area contributed by atoms with Gasteiger partial charge < -0.3 is 15.8 Å². The molecule has 0 radical (unpaired) electrons. The van der Waals surface area contributed by atoms with Crippen molar-refractivity contribution >= 4 is 17.5 Å². The van der Waals surface area contributed by atoms with Gasteiger partial charge in [-0.15, -0.1) is 0 Å². The van der Waals surface area contributed by atoms with E-state index in [1.165, 1.54) is 0 Å². The highest BCUT2D eigenvalue weighted by molar-refractivity contribution is 6.04. The van der Waals surface area contributed by atoms with Crippen LogP contribution in [0.3, 0.4) is 0 Å². The number of piperidine rings is 1. The number of carbonyl (C=O) groups is 2. The molecule has 1 saturated heterocycles. The van der Waals surface area contributed by atoms with E-state index in [2.05, 4.69) is 17.1 Å². The predicted octanol–water partition coefficient (Wildman–Crippen LogP) is 3.82. The first-order chi connectivity index (χ1) is 14.6. The summed E-state index contributed by atoms with van der Waals surface area (Å²) in [6.07, 6.45) is 3.90. The Balaban J connectivity index is 1.63. The highest BCUT2D eigenvalue weighted by Gasteiger charge is 2.24. The molecule has 6 nitrogen and oxygen atoms in total. The van der Waals surface area contributed by atoms with E-state index in [1.54, 1.807) is 12.1 Å². The van der Waals surface area contributed by atoms with Crippen LogP contribution < -0.4 is 15.8 Å². The predicted molar refractivity (Wildman–Crippen MR) is 118 cm³/mol. The summed E-state index contributed by atoms with van der Waals surface area (Å²) in [5.74, 6) is 0.285. The molecule has 0 aliphatic carbocycles. The third-order valence-electron chi connectivity index (χ3n) is 5.45. The number of benzene rings is 2. The van der Waals surface area contributed by atoms with Gasteiger partial charge in [0.05, 0.1) is 12.5 Å². The zero-order valence-electron chi connectivity index (χ0n) is 17.6. The number of nitrogens with one attached hydrogen (secondary N) is 1. The molecule has 1 fully saturated rings. The molecule has 160 valence electrons. The fraction of sp³-hybridized carbons (Fsp3) is 0.417. The molecule has 0 bridgehead atoms. The Labute approximate surface area is 178 Å². The summed E-state index contributed by atoms with van der Waals surface area (Å²) in [7, 11) is 0. The molecule has 2 aromatic carbocycles. The number of ether oxygens (including phenoxy) is 1. The van der Waals surface area contributed by atoms with E-state index in [9.17, 15) is 9.59 Å². The van der Waals surface area contributed by atoms with Crippen molar-refractivity contribution < 1.29 is 14.3 Å². The molecule has 30 heavy (non-hydrogen) atoms. The second kappa shape index (κ2) is 10.8. The molecular formula is C24H31N3O3. The Morgan fingerprint density at radius 3 is 2.67 bits per heavy atom. The van der Waals surface area contributed by atoms with Crippen molar-refractivity contribution in [3.63, 3.8) is 0 Å². The number of amides is 2. The molecule has 0 saturated carbocycles. The number of nitrogens with zero attached hydrogens (tertiary/aromatic N) is 1. The minimum atomic E-state index is -0.233. The van der Waals surface area contributed by atoms with Crippen LogP contribution in [-0.4, -0.2) is 36.4 Å². The summed E-state index contributed by atoms with van der Waals surface area (Å²) in [6, 6.07) is 15.0. The largest absolute Gasteiger partial charge is 0.494 e. The molecule has 1 atom stereocenters. The summed E-state index contributed by atoms with van der Waals surface area (Å²) >= 11 is 0. The Bertz CT molecular complexity index is 851. The third kappa shape index (κ3) is 6.07. The van der Waals surface area contributed by atoms with Crippen molar-refractivity contribution in [3.8, 4) is 5.75 Å². The Kier molecular flexibility index (Phi) is 7.85. The molecule has 3 N–H and O–H groups in total. The zero-order valence-corrected chi connectivity index (χ0v) is 17.6. The summed E-state index contributed by atoms with van der Waals surface area (Å²) in [6.45, 7) is 5.06. The summed E-state index contributed by atoms with van der Waals surface area (Å²) < 4.78 is 5.66. The lowest BCUT2D eigenvalue weighted by Gasteiger charge is -2.31. The smallest absolute Gasteiger partial charge is 0.255 e. The Morgan fingerprint density at radius 2 is 1.93 bits per heavy atom. The summed E-state index contributed by atoms with van der Waals surface area (Å²) in [4.78, 5) is 26.5. The number of likely N-dealkylation sites (tertiary alicyclic amines) is 1. The van der Waals surface area contributed by atoms with E-state index < -0.39 is 0 Å². The van der Waals surface area contributed by atoms with Crippen molar-refractivity contribution in [3.05, 3.63) is 59.7 Å². The van der Waals surface area contributed by atoms with E-state index in [4.69, 9.17) is 10.5 Å². The van der Waals surface area contributed by atoms with Crippen LogP contribution in [0.2, 0.25) is 0 Å². The van der Waals surface area contributed by atoms with E-state index in [1.807, 2.05) is 36.4 Å². The van der Waals surface area contributed by atoms with Crippen LogP contribution in [0.5, 0.6) is 5.75 Å². The topological polar surface area (TPSA) is 84.7 Å². The molecule has 6 heteroatoms. The molecular weight excluding hydrogens is 378 g/mol. The Morgan fingerprint density at radius 1 is 1.17 bits per heavy atom. The molecule has 3 rings (SSSR count). The van der Waals surface area contributed by atoms with Gasteiger partial charge in [0.1, 0.15) is 5.75 Å². The number of carbonyl (C=O) groups excluding carboxylic acids is 2. The van der Waals surface area contributed by atoms with Crippen LogP contribution in [0.4, 0.5) is 5.69 Å². The number of rotatable bonds is 9. The number of para-hydroxylation sites is 1. The van der Waals surface area contributed by atoms with Gasteiger partial charge in [-0.2, -0.15) is 0 Å². The van der Waals surface area contributed by atoms with Gasteiger partial charge in [-0.25, -0.2) is 0 Å². The maximum absolute atomic E-state index is 12.7. The van der Waals surface area contributed by atoms with Crippen molar-refractivity contribution in [2.75, 3.05) is 25.0 Å². The van der Waals surface area contributed by atoms with Crippen LogP contribution in [0.1, 0.15) is 48.5 Å². The van der Waals surface area contributed by atoms with Crippen LogP contribution in [0.15, 0.2) is 48.5 Å². The zero-order chi connectivity index (χ0) is 21.3. The van der Waals surface area contributed by atoms with Gasteiger partial charge in [-0.05, 0) is 61.7 Å². The number of hydrogen-bond acceptors (Lipinski definition) is 4. The van der Waals surface area contributed by atoms with E-state index in [0.717, 1.165) is 49.2 Å². The maximum Gasteiger partial charge on any atom is 0.255 e. The highest BCUT2D eigenvalue weighted by Crippen LogP contribution is 2.23. The Hall–Kier alpha value is -2.86. The molecule has 1 aliphatic heterocycles. The number of anilines is 1. The molecule has 0 aromatic heterocycles. The van der Waals surface area contributed by atoms with Gasteiger partial charge in [-0.3, -0.25) is 14.5 Å². The minimum absolute atomic E-state index is 0.0986. The molecule has 2 aromatic rings. The van der Waals surface area contributed by atoms with Crippen molar-refractivity contribution in [1.29, 1.82) is 0 Å². The SMILES string of the molecule is CCCCOc1ccc(C(=O)Nc2ccccc2CN2CCCC(C(N)=O)C2)cc1. The number of primary amides is 1. The maximum atomic E-state index is 12.7. The normalized spacial score (nSPS) is 16.8.